The van der Waals surface area contributed by atoms with Crippen LogP contribution in [-0.2, 0) is 0 Å². The first-order valence-corrected chi connectivity index (χ1v) is 13.6. The smallest absolute Gasteiger partial charge is 0.159 e. The molecule has 188 valence electrons. The lowest BCUT2D eigenvalue weighted by molar-refractivity contribution is 0.304. The van der Waals surface area contributed by atoms with Crippen LogP contribution in [-0.4, -0.2) is 23.2 Å². The molecule has 0 fully saturated rings. The lowest BCUT2D eigenvalue weighted by atomic mass is 10.1. The van der Waals surface area contributed by atoms with Crippen molar-refractivity contribution in [2.24, 2.45) is 0 Å². The number of rotatable bonds is 17. The zero-order valence-electron chi connectivity index (χ0n) is 21.7. The first kappa shape index (κ1) is 26.7. The number of para-hydroxylation sites is 1. The normalized spacial score (nSPS) is 10.9. The summed E-state index contributed by atoms with van der Waals surface area (Å²) in [5, 5.41) is 0. The number of nitrogens with zero attached hydrogens (tertiary/aromatic N) is 2. The Balaban J connectivity index is 1.61. The molecule has 2 aromatic carbocycles. The van der Waals surface area contributed by atoms with Crippen molar-refractivity contribution >= 4 is 0 Å². The third kappa shape index (κ3) is 9.35. The maximum absolute atomic E-state index is 6.14. The molecule has 1 aromatic heterocycles. The topological polar surface area (TPSA) is 44.2 Å². The van der Waals surface area contributed by atoms with Gasteiger partial charge in [-0.05, 0) is 43.2 Å². The molecule has 35 heavy (non-hydrogen) atoms. The van der Waals surface area contributed by atoms with Crippen LogP contribution in [0, 0.1) is 0 Å². The van der Waals surface area contributed by atoms with Gasteiger partial charge in [0.1, 0.15) is 11.5 Å². The Morgan fingerprint density at radius 3 is 2.11 bits per heavy atom. The zero-order valence-corrected chi connectivity index (χ0v) is 21.7. The molecule has 3 rings (SSSR count). The van der Waals surface area contributed by atoms with Crippen molar-refractivity contribution in [2.45, 2.75) is 84.5 Å². The Hall–Kier alpha value is -2.88. The Kier molecular flexibility index (Phi) is 12.1. The van der Waals surface area contributed by atoms with E-state index in [1.165, 1.54) is 57.8 Å². The monoisotopic (exact) mass is 474 g/mol. The number of hydrogen-bond acceptors (Lipinski definition) is 4. The van der Waals surface area contributed by atoms with Gasteiger partial charge in [-0.15, -0.1) is 0 Å². The van der Waals surface area contributed by atoms with Crippen molar-refractivity contribution in [3.05, 3.63) is 60.8 Å². The summed E-state index contributed by atoms with van der Waals surface area (Å²) in [6.07, 6.45) is 15.5. The van der Waals surface area contributed by atoms with E-state index >= 15 is 0 Å². The van der Waals surface area contributed by atoms with E-state index in [1.807, 2.05) is 54.7 Å². The molecule has 0 aliphatic carbocycles. The van der Waals surface area contributed by atoms with E-state index < -0.39 is 0 Å². The van der Waals surface area contributed by atoms with E-state index in [0.717, 1.165) is 54.4 Å². The number of unbranched alkanes of at least 4 members (excludes halogenated alkanes) is 9. The molecule has 0 spiro atoms. The van der Waals surface area contributed by atoms with Crippen molar-refractivity contribution in [3.63, 3.8) is 0 Å². The molecular weight excluding hydrogens is 432 g/mol. The Morgan fingerprint density at radius 1 is 0.657 bits per heavy atom. The first-order chi connectivity index (χ1) is 17.3. The Labute approximate surface area is 212 Å². The van der Waals surface area contributed by atoms with Crippen molar-refractivity contribution in [1.29, 1.82) is 0 Å². The zero-order chi connectivity index (χ0) is 24.6. The molecular formula is C31H42N2O2. The molecule has 0 amide bonds. The Morgan fingerprint density at radius 2 is 1.34 bits per heavy atom. The average Bonchev–Trinajstić information content (AvgIpc) is 2.90. The van der Waals surface area contributed by atoms with Gasteiger partial charge in [0.25, 0.3) is 0 Å². The fourth-order valence-corrected chi connectivity index (χ4v) is 4.14. The summed E-state index contributed by atoms with van der Waals surface area (Å²) >= 11 is 0. The minimum absolute atomic E-state index is 0.696. The maximum atomic E-state index is 6.14. The largest absolute Gasteiger partial charge is 0.494 e. The van der Waals surface area contributed by atoms with Gasteiger partial charge in [-0.2, -0.15) is 0 Å². The van der Waals surface area contributed by atoms with Crippen LogP contribution in [0.15, 0.2) is 60.8 Å². The van der Waals surface area contributed by atoms with Gasteiger partial charge >= 0.3 is 0 Å². The summed E-state index contributed by atoms with van der Waals surface area (Å²) in [7, 11) is 0. The van der Waals surface area contributed by atoms with Crippen molar-refractivity contribution in [2.75, 3.05) is 13.2 Å². The minimum Gasteiger partial charge on any atom is -0.494 e. The fraction of sp³-hybridized carbons (Fsp3) is 0.484. The van der Waals surface area contributed by atoms with E-state index in [9.17, 15) is 0 Å². The first-order valence-electron chi connectivity index (χ1n) is 13.6. The van der Waals surface area contributed by atoms with Crippen LogP contribution in [0.3, 0.4) is 0 Å². The van der Waals surface area contributed by atoms with Crippen LogP contribution in [0.2, 0.25) is 0 Å². The van der Waals surface area contributed by atoms with Crippen molar-refractivity contribution in [3.8, 4) is 34.1 Å². The van der Waals surface area contributed by atoms with Gasteiger partial charge in [-0.25, -0.2) is 9.97 Å². The van der Waals surface area contributed by atoms with Gasteiger partial charge in [0.05, 0.1) is 18.9 Å². The lowest BCUT2D eigenvalue weighted by Crippen LogP contribution is -2.00. The summed E-state index contributed by atoms with van der Waals surface area (Å²) in [6.45, 7) is 5.97. The van der Waals surface area contributed by atoms with Crippen LogP contribution < -0.4 is 9.47 Å². The summed E-state index contributed by atoms with van der Waals surface area (Å²) in [5.74, 6) is 2.45. The quantitative estimate of drug-likeness (QED) is 0.183. The number of aromatic nitrogens is 2. The van der Waals surface area contributed by atoms with Crippen LogP contribution in [0.4, 0.5) is 0 Å². The third-order valence-corrected chi connectivity index (χ3v) is 6.18. The summed E-state index contributed by atoms with van der Waals surface area (Å²) in [6, 6.07) is 18.2. The second-order valence-electron chi connectivity index (χ2n) is 9.17. The van der Waals surface area contributed by atoms with Gasteiger partial charge in [0, 0.05) is 17.3 Å². The van der Waals surface area contributed by atoms with E-state index in [-0.39, 0.29) is 0 Å². The highest BCUT2D eigenvalue weighted by Crippen LogP contribution is 2.30. The minimum atomic E-state index is 0.696. The third-order valence-electron chi connectivity index (χ3n) is 6.18. The maximum Gasteiger partial charge on any atom is 0.159 e. The second kappa shape index (κ2) is 15.9. The van der Waals surface area contributed by atoms with Crippen LogP contribution in [0.1, 0.15) is 84.5 Å². The van der Waals surface area contributed by atoms with Gasteiger partial charge in [0.15, 0.2) is 5.82 Å². The molecule has 0 N–H and O–H groups in total. The van der Waals surface area contributed by atoms with Gasteiger partial charge in [-0.1, -0.05) is 95.9 Å². The molecule has 0 saturated carbocycles. The van der Waals surface area contributed by atoms with Crippen LogP contribution in [0.25, 0.3) is 22.6 Å². The molecule has 0 aliphatic heterocycles. The average molecular weight is 475 g/mol. The van der Waals surface area contributed by atoms with Crippen LogP contribution in [0.5, 0.6) is 11.5 Å². The molecule has 0 saturated heterocycles. The second-order valence-corrected chi connectivity index (χ2v) is 9.17. The molecule has 0 bridgehead atoms. The predicted molar refractivity (Wildman–Crippen MR) is 146 cm³/mol. The molecule has 1 heterocycles. The van der Waals surface area contributed by atoms with Gasteiger partial charge < -0.3 is 9.47 Å². The molecule has 0 aliphatic rings. The predicted octanol–water partition coefficient (Wildman–Crippen LogP) is 8.90. The van der Waals surface area contributed by atoms with Gasteiger partial charge in [-0.3, -0.25) is 0 Å². The molecule has 0 radical (unpaired) electrons. The molecule has 3 aromatic rings. The van der Waals surface area contributed by atoms with Crippen LogP contribution >= 0.6 is 0 Å². The van der Waals surface area contributed by atoms with Crippen molar-refractivity contribution in [1.82, 2.24) is 9.97 Å². The standard InChI is InChI=1S/C31H42N2O2/c1-3-5-7-9-11-14-23-34-27-18-16-17-26(25-27)31-32-22-21-29(33-31)28-19-12-13-20-30(28)35-24-15-10-8-6-4-2/h12-13,16-22,25H,3-11,14-15,23-24H2,1-2H3. The summed E-state index contributed by atoms with van der Waals surface area (Å²) < 4.78 is 12.2. The number of ether oxygens (including phenoxy) is 2. The van der Waals surface area contributed by atoms with E-state index in [0.29, 0.717) is 5.82 Å². The molecule has 0 atom stereocenters. The SMILES string of the molecule is CCCCCCCCOc1cccc(-c2nccc(-c3ccccc3OCCCCCCC)n2)c1. The molecule has 4 nitrogen and oxygen atoms in total. The van der Waals surface area contributed by atoms with E-state index in [4.69, 9.17) is 14.5 Å². The molecule has 4 heteroatoms. The summed E-state index contributed by atoms with van der Waals surface area (Å²) in [4.78, 5) is 9.42. The number of benzene rings is 2. The highest BCUT2D eigenvalue weighted by molar-refractivity contribution is 5.69. The molecule has 0 unspecified atom stereocenters. The van der Waals surface area contributed by atoms with E-state index in [2.05, 4.69) is 24.9 Å². The van der Waals surface area contributed by atoms with Gasteiger partial charge in [0.2, 0.25) is 0 Å². The van der Waals surface area contributed by atoms with Crippen molar-refractivity contribution < 1.29 is 9.47 Å². The Bertz CT molecular complexity index is 989. The summed E-state index contributed by atoms with van der Waals surface area (Å²) in [5.41, 5.74) is 2.83. The fourth-order valence-electron chi connectivity index (χ4n) is 4.14. The lowest BCUT2D eigenvalue weighted by Gasteiger charge is -2.12. The van der Waals surface area contributed by atoms with E-state index in [1.54, 1.807) is 0 Å². The number of hydrogen-bond donors (Lipinski definition) is 0. The highest BCUT2D eigenvalue weighted by atomic mass is 16.5. The highest BCUT2D eigenvalue weighted by Gasteiger charge is 2.10.